The molecule has 23 heavy (non-hydrogen) atoms. The van der Waals surface area contributed by atoms with Gasteiger partial charge in [0.05, 0.1) is 21.2 Å². The predicted molar refractivity (Wildman–Crippen MR) is 76.6 cm³/mol. The van der Waals surface area contributed by atoms with Crippen LogP contribution in [0, 0.1) is 11.3 Å². The van der Waals surface area contributed by atoms with Crippen LogP contribution in [-0.2, 0) is 6.18 Å². The van der Waals surface area contributed by atoms with Crippen molar-refractivity contribution in [3.05, 3.63) is 54.3 Å². The highest BCUT2D eigenvalue weighted by Crippen LogP contribution is 2.38. The lowest BCUT2D eigenvalue weighted by Gasteiger charge is -2.16. The summed E-state index contributed by atoms with van der Waals surface area (Å²) in [5.74, 6) is 5.11. The van der Waals surface area contributed by atoms with Gasteiger partial charge in [-0.15, -0.1) is 0 Å². The maximum atomic E-state index is 13.2. The Labute approximate surface area is 135 Å². The van der Waals surface area contributed by atoms with E-state index in [-0.39, 0.29) is 20.3 Å². The highest BCUT2D eigenvalue weighted by atomic mass is 35.5. The van der Waals surface area contributed by atoms with Crippen molar-refractivity contribution in [3.63, 3.8) is 0 Å². The molecule has 0 amide bonds. The first-order chi connectivity index (χ1) is 10.6. The number of aromatic amines is 1. The largest absolute Gasteiger partial charge is 0.434 e. The first-order valence-electron chi connectivity index (χ1n) is 5.69. The molecule has 0 radical (unpaired) electrons. The Kier molecular flexibility index (Phi) is 4.15. The fraction of sp³-hybridized carbons (Fsp3) is 0.0833. The van der Waals surface area contributed by atoms with Crippen molar-refractivity contribution in [1.29, 1.82) is 5.26 Å². The highest BCUT2D eigenvalue weighted by Gasteiger charge is 2.39. The van der Waals surface area contributed by atoms with E-state index in [1.54, 1.807) is 11.1 Å². The van der Waals surface area contributed by atoms with Gasteiger partial charge in [-0.25, -0.2) is 9.47 Å². The second-order valence-electron chi connectivity index (χ2n) is 4.27. The number of alkyl halides is 3. The SMILES string of the molecule is N#Cc1cc(-c2c(C(F)(F)F)n(N)c(=O)[nH]c2=O)c(Cl)cc1Cl. The van der Waals surface area contributed by atoms with Crippen LogP contribution < -0.4 is 17.1 Å². The molecule has 0 aliphatic heterocycles. The molecule has 0 aliphatic rings. The molecule has 0 atom stereocenters. The molecule has 0 fully saturated rings. The number of hydrogen-bond donors (Lipinski definition) is 2. The zero-order chi connectivity index (χ0) is 17.5. The number of H-pyrrole nitrogens is 1. The predicted octanol–water partition coefficient (Wildman–Crippen LogP) is 2.11. The van der Waals surface area contributed by atoms with E-state index in [0.717, 1.165) is 12.1 Å². The zero-order valence-corrected chi connectivity index (χ0v) is 12.3. The van der Waals surface area contributed by atoms with Gasteiger partial charge in [0.25, 0.3) is 5.56 Å². The summed E-state index contributed by atoms with van der Waals surface area (Å²) in [5.41, 5.74) is -6.11. The minimum absolute atomic E-state index is 0.104. The maximum Gasteiger partial charge on any atom is 0.434 e. The summed E-state index contributed by atoms with van der Waals surface area (Å²) in [6.07, 6.45) is -5.12. The molecule has 1 heterocycles. The van der Waals surface area contributed by atoms with Crippen molar-refractivity contribution >= 4 is 23.2 Å². The molecule has 2 aromatic rings. The molecule has 0 aliphatic carbocycles. The summed E-state index contributed by atoms with van der Waals surface area (Å²) < 4.78 is 39.4. The van der Waals surface area contributed by atoms with Gasteiger partial charge < -0.3 is 5.84 Å². The number of nitrogens with zero attached hydrogens (tertiary/aromatic N) is 2. The zero-order valence-electron chi connectivity index (χ0n) is 10.8. The summed E-state index contributed by atoms with van der Waals surface area (Å²) >= 11 is 11.6. The summed E-state index contributed by atoms with van der Waals surface area (Å²) in [6.45, 7) is 0. The lowest BCUT2D eigenvalue weighted by molar-refractivity contribution is -0.142. The topological polar surface area (TPSA) is 105 Å². The van der Waals surface area contributed by atoms with Crippen LogP contribution in [0.3, 0.4) is 0 Å². The minimum Gasteiger partial charge on any atom is -0.335 e. The average molecular weight is 365 g/mol. The van der Waals surface area contributed by atoms with Gasteiger partial charge in [-0.2, -0.15) is 18.4 Å². The summed E-state index contributed by atoms with van der Waals surface area (Å²) in [5, 5.41) is 8.49. The Morgan fingerprint density at radius 3 is 2.35 bits per heavy atom. The first-order valence-corrected chi connectivity index (χ1v) is 6.44. The standard InChI is InChI=1S/C12H5Cl2F3N4O2/c13-6-2-7(14)5(1-4(6)3-18)8-9(12(15,16)17)21(19)11(23)20-10(8)22/h1-2H,19H2,(H,20,22,23). The third kappa shape index (κ3) is 2.91. The van der Waals surface area contributed by atoms with Gasteiger partial charge in [-0.1, -0.05) is 23.2 Å². The van der Waals surface area contributed by atoms with E-state index in [4.69, 9.17) is 34.3 Å². The van der Waals surface area contributed by atoms with Gasteiger partial charge in [0.15, 0.2) is 5.69 Å². The van der Waals surface area contributed by atoms with Gasteiger partial charge in [-0.3, -0.25) is 9.78 Å². The van der Waals surface area contributed by atoms with Crippen molar-refractivity contribution in [2.24, 2.45) is 0 Å². The molecular formula is C12H5Cl2F3N4O2. The smallest absolute Gasteiger partial charge is 0.335 e. The molecule has 0 unspecified atom stereocenters. The summed E-state index contributed by atoms with van der Waals surface area (Å²) in [7, 11) is 0. The fourth-order valence-electron chi connectivity index (χ4n) is 1.90. The first kappa shape index (κ1) is 16.9. The van der Waals surface area contributed by atoms with Crippen LogP contribution in [0.2, 0.25) is 10.0 Å². The number of hydrogen-bond acceptors (Lipinski definition) is 4. The van der Waals surface area contributed by atoms with Gasteiger partial charge in [0.1, 0.15) is 6.07 Å². The maximum absolute atomic E-state index is 13.2. The Bertz CT molecular complexity index is 957. The quantitative estimate of drug-likeness (QED) is 0.756. The lowest BCUT2D eigenvalue weighted by atomic mass is 10.0. The molecule has 0 saturated carbocycles. The number of nitrogen functional groups attached to an aromatic ring is 1. The Morgan fingerprint density at radius 2 is 1.83 bits per heavy atom. The van der Waals surface area contributed by atoms with Gasteiger partial charge in [0, 0.05) is 5.56 Å². The number of nitrogens with one attached hydrogen (secondary N) is 1. The van der Waals surface area contributed by atoms with E-state index >= 15 is 0 Å². The molecular weight excluding hydrogens is 360 g/mol. The van der Waals surface area contributed by atoms with E-state index in [0.29, 0.717) is 0 Å². The van der Waals surface area contributed by atoms with Gasteiger partial charge >= 0.3 is 11.9 Å². The number of rotatable bonds is 1. The number of nitriles is 1. The Balaban J connectivity index is 3.02. The molecule has 6 nitrogen and oxygen atoms in total. The average Bonchev–Trinajstić information content (AvgIpc) is 2.42. The van der Waals surface area contributed by atoms with Crippen LogP contribution >= 0.6 is 23.2 Å². The van der Waals surface area contributed by atoms with Crippen molar-refractivity contribution in [2.45, 2.75) is 6.18 Å². The van der Waals surface area contributed by atoms with E-state index < -0.39 is 34.2 Å². The van der Waals surface area contributed by atoms with Crippen LogP contribution in [-0.4, -0.2) is 9.66 Å². The number of halogens is 5. The van der Waals surface area contributed by atoms with E-state index in [9.17, 15) is 22.8 Å². The molecule has 3 N–H and O–H groups in total. The molecule has 11 heteroatoms. The minimum atomic E-state index is -5.12. The van der Waals surface area contributed by atoms with Crippen molar-refractivity contribution in [2.75, 3.05) is 5.84 Å². The normalized spacial score (nSPS) is 11.3. The fourth-order valence-corrected chi connectivity index (χ4v) is 2.42. The van der Waals surface area contributed by atoms with Crippen LogP contribution in [0.1, 0.15) is 11.3 Å². The van der Waals surface area contributed by atoms with E-state index in [1.165, 1.54) is 0 Å². The van der Waals surface area contributed by atoms with Crippen molar-refractivity contribution in [3.8, 4) is 17.2 Å². The molecule has 1 aromatic heterocycles. The van der Waals surface area contributed by atoms with Crippen LogP contribution in [0.5, 0.6) is 0 Å². The number of benzene rings is 1. The number of nitrogens with two attached hydrogens (primary N) is 1. The van der Waals surface area contributed by atoms with Crippen molar-refractivity contribution in [1.82, 2.24) is 9.66 Å². The van der Waals surface area contributed by atoms with Crippen LogP contribution in [0.15, 0.2) is 21.7 Å². The molecule has 0 saturated heterocycles. The third-order valence-corrected chi connectivity index (χ3v) is 3.48. The summed E-state index contributed by atoms with van der Waals surface area (Å²) in [4.78, 5) is 24.9. The molecule has 1 aromatic carbocycles. The van der Waals surface area contributed by atoms with Crippen LogP contribution in [0.4, 0.5) is 13.2 Å². The van der Waals surface area contributed by atoms with Gasteiger partial charge in [-0.05, 0) is 12.1 Å². The second-order valence-corrected chi connectivity index (χ2v) is 5.09. The third-order valence-electron chi connectivity index (χ3n) is 2.86. The Hall–Kier alpha value is -2.44. The Morgan fingerprint density at radius 1 is 1.22 bits per heavy atom. The van der Waals surface area contributed by atoms with E-state index in [2.05, 4.69) is 0 Å². The number of aromatic nitrogens is 2. The molecule has 0 spiro atoms. The highest BCUT2D eigenvalue weighted by molar-refractivity contribution is 6.37. The van der Waals surface area contributed by atoms with Crippen LogP contribution in [0.25, 0.3) is 11.1 Å². The molecule has 2 rings (SSSR count). The van der Waals surface area contributed by atoms with E-state index in [1.807, 2.05) is 0 Å². The van der Waals surface area contributed by atoms with Gasteiger partial charge in [0.2, 0.25) is 0 Å². The molecule has 0 bridgehead atoms. The summed E-state index contributed by atoms with van der Waals surface area (Å²) in [6, 6.07) is 3.58. The monoisotopic (exact) mass is 364 g/mol. The second kappa shape index (κ2) is 5.64. The lowest BCUT2D eigenvalue weighted by Crippen LogP contribution is -2.41. The molecule has 120 valence electrons. The van der Waals surface area contributed by atoms with Crippen molar-refractivity contribution < 1.29 is 13.2 Å².